The Morgan fingerprint density at radius 3 is 2.71 bits per heavy atom. The number of amides is 1. The van der Waals surface area contributed by atoms with Crippen molar-refractivity contribution in [1.29, 1.82) is 0 Å². The van der Waals surface area contributed by atoms with Gasteiger partial charge in [0.1, 0.15) is 0 Å². The maximum absolute atomic E-state index is 11.9. The Hall–Kier alpha value is -1.02. The normalized spacial score (nSPS) is 10.4. The smallest absolute Gasteiger partial charge is 0.234 e. The zero-order valence-electron chi connectivity index (χ0n) is 11.0. The van der Waals surface area contributed by atoms with Gasteiger partial charge in [0.25, 0.3) is 0 Å². The molecular weight excluding hydrogens is 351 g/mol. The fourth-order valence-corrected chi connectivity index (χ4v) is 3.52. The minimum absolute atomic E-state index is 0.199. The van der Waals surface area contributed by atoms with Crippen LogP contribution in [0.25, 0.3) is 0 Å². The van der Waals surface area contributed by atoms with Gasteiger partial charge >= 0.3 is 0 Å². The summed E-state index contributed by atoms with van der Waals surface area (Å²) in [6.07, 6.45) is 0. The topological polar surface area (TPSA) is 66.9 Å². The summed E-state index contributed by atoms with van der Waals surface area (Å²) in [5.74, 6) is 0.0117. The molecule has 0 atom stereocenters. The summed E-state index contributed by atoms with van der Waals surface area (Å²) >= 11 is 14.7. The number of hydrogen-bond donors (Lipinski definition) is 2. The highest BCUT2D eigenvalue weighted by atomic mass is 35.5. The van der Waals surface area contributed by atoms with Gasteiger partial charge in [-0.25, -0.2) is 0 Å². The number of carbonyl (C=O) groups is 1. The van der Waals surface area contributed by atoms with Crippen LogP contribution in [0.3, 0.4) is 0 Å². The van der Waals surface area contributed by atoms with Crippen LogP contribution in [0, 0.1) is 0 Å². The Balaban J connectivity index is 1.90. The van der Waals surface area contributed by atoms with Crippen molar-refractivity contribution in [3.8, 4) is 0 Å². The van der Waals surface area contributed by atoms with Crippen molar-refractivity contribution in [3.63, 3.8) is 0 Å². The fourth-order valence-electron chi connectivity index (χ4n) is 1.41. The second kappa shape index (κ2) is 7.84. The molecule has 0 aliphatic heterocycles. The van der Waals surface area contributed by atoms with Gasteiger partial charge in [-0.1, -0.05) is 52.4 Å². The van der Waals surface area contributed by atoms with Crippen molar-refractivity contribution in [2.45, 2.75) is 11.3 Å². The average molecular weight is 363 g/mol. The van der Waals surface area contributed by atoms with E-state index in [0.717, 1.165) is 16.0 Å². The third-order valence-electron chi connectivity index (χ3n) is 2.29. The number of benzene rings is 1. The molecule has 5 nitrogen and oxygen atoms in total. The molecule has 21 heavy (non-hydrogen) atoms. The van der Waals surface area contributed by atoms with Gasteiger partial charge in [-0.2, -0.15) is 0 Å². The lowest BCUT2D eigenvalue weighted by Crippen LogP contribution is -2.14. The molecule has 2 N–H and O–H groups in total. The van der Waals surface area contributed by atoms with Gasteiger partial charge in [0.2, 0.25) is 11.0 Å². The molecule has 0 saturated heterocycles. The van der Waals surface area contributed by atoms with Crippen LogP contribution in [-0.4, -0.2) is 28.4 Å². The summed E-state index contributed by atoms with van der Waals surface area (Å²) in [7, 11) is 0. The van der Waals surface area contributed by atoms with Gasteiger partial charge in [0.05, 0.1) is 21.5 Å². The zero-order chi connectivity index (χ0) is 15.2. The van der Waals surface area contributed by atoms with E-state index >= 15 is 0 Å². The molecule has 112 valence electrons. The molecule has 0 aliphatic rings. The Morgan fingerprint density at radius 1 is 1.33 bits per heavy atom. The summed E-state index contributed by atoms with van der Waals surface area (Å²) in [4.78, 5) is 11.9. The van der Waals surface area contributed by atoms with Crippen molar-refractivity contribution >= 4 is 63.0 Å². The van der Waals surface area contributed by atoms with E-state index in [0.29, 0.717) is 15.7 Å². The summed E-state index contributed by atoms with van der Waals surface area (Å²) in [5, 5.41) is 15.3. The number of nitrogens with one attached hydrogen (secondary N) is 2. The minimum Gasteiger partial charge on any atom is -0.360 e. The van der Waals surface area contributed by atoms with Crippen molar-refractivity contribution in [2.75, 3.05) is 22.9 Å². The van der Waals surface area contributed by atoms with Gasteiger partial charge in [0.15, 0.2) is 4.34 Å². The molecule has 0 radical (unpaired) electrons. The third-order valence-corrected chi connectivity index (χ3v) is 4.93. The van der Waals surface area contributed by atoms with Gasteiger partial charge in [0, 0.05) is 6.54 Å². The first-order valence-electron chi connectivity index (χ1n) is 6.04. The van der Waals surface area contributed by atoms with E-state index in [-0.39, 0.29) is 11.7 Å². The van der Waals surface area contributed by atoms with Gasteiger partial charge < -0.3 is 10.6 Å². The number of thioether (sulfide) groups is 1. The van der Waals surface area contributed by atoms with Gasteiger partial charge in [-0.05, 0) is 19.1 Å². The maximum atomic E-state index is 11.9. The molecule has 1 aromatic heterocycles. The molecule has 0 bridgehead atoms. The molecule has 1 heterocycles. The molecule has 0 spiro atoms. The van der Waals surface area contributed by atoms with Crippen molar-refractivity contribution < 1.29 is 4.79 Å². The Morgan fingerprint density at radius 2 is 2.05 bits per heavy atom. The van der Waals surface area contributed by atoms with E-state index in [1.807, 2.05) is 6.92 Å². The third kappa shape index (κ3) is 4.74. The van der Waals surface area contributed by atoms with E-state index in [1.54, 1.807) is 18.2 Å². The predicted octanol–water partition coefficient (Wildman–Crippen LogP) is 4.01. The molecular formula is C12H12Cl2N4OS2. The number of halogens is 2. The SMILES string of the molecule is CCNc1nnc(SCC(=O)Nc2c(Cl)cccc2Cl)s1. The number of carbonyl (C=O) groups excluding carboxylic acids is 1. The Kier molecular flexibility index (Phi) is 6.10. The van der Waals surface area contributed by atoms with E-state index in [1.165, 1.54) is 23.1 Å². The maximum Gasteiger partial charge on any atom is 0.234 e. The molecule has 0 fully saturated rings. The molecule has 9 heteroatoms. The lowest BCUT2D eigenvalue weighted by molar-refractivity contribution is -0.113. The average Bonchev–Trinajstić information content (AvgIpc) is 2.89. The Bertz CT molecular complexity index is 615. The van der Waals surface area contributed by atoms with Gasteiger partial charge in [-0.15, -0.1) is 10.2 Å². The lowest BCUT2D eigenvalue weighted by atomic mass is 10.3. The highest BCUT2D eigenvalue weighted by Gasteiger charge is 2.11. The standard InChI is InChI=1S/C12H12Cl2N4OS2/c1-2-15-11-17-18-12(21-11)20-6-9(19)16-10-7(13)4-3-5-8(10)14/h3-5H,2,6H2,1H3,(H,15,17)(H,16,19). The number of anilines is 2. The van der Waals surface area contributed by atoms with Crippen LogP contribution >= 0.6 is 46.3 Å². The molecule has 2 aromatic rings. The number of para-hydroxylation sites is 1. The van der Waals surface area contributed by atoms with Gasteiger partial charge in [-0.3, -0.25) is 4.79 Å². The second-order valence-electron chi connectivity index (χ2n) is 3.84. The molecule has 2 rings (SSSR count). The van der Waals surface area contributed by atoms with Crippen LogP contribution in [0.4, 0.5) is 10.8 Å². The zero-order valence-corrected chi connectivity index (χ0v) is 14.2. The summed E-state index contributed by atoms with van der Waals surface area (Å²) < 4.78 is 0.728. The first-order valence-corrected chi connectivity index (χ1v) is 8.60. The number of rotatable bonds is 6. The molecule has 0 unspecified atom stereocenters. The van der Waals surface area contributed by atoms with Crippen LogP contribution in [0.15, 0.2) is 22.5 Å². The highest BCUT2D eigenvalue weighted by molar-refractivity contribution is 8.01. The molecule has 0 aliphatic carbocycles. The van der Waals surface area contributed by atoms with Crippen molar-refractivity contribution in [3.05, 3.63) is 28.2 Å². The predicted molar refractivity (Wildman–Crippen MR) is 89.9 cm³/mol. The highest BCUT2D eigenvalue weighted by Crippen LogP contribution is 2.30. The van der Waals surface area contributed by atoms with Crippen LogP contribution in [0.1, 0.15) is 6.92 Å². The molecule has 1 aromatic carbocycles. The second-order valence-corrected chi connectivity index (χ2v) is 6.85. The number of aromatic nitrogens is 2. The summed E-state index contributed by atoms with van der Waals surface area (Å²) in [6.45, 7) is 2.76. The van der Waals surface area contributed by atoms with Crippen LogP contribution in [0.2, 0.25) is 10.0 Å². The van der Waals surface area contributed by atoms with Crippen LogP contribution in [0.5, 0.6) is 0 Å². The van der Waals surface area contributed by atoms with Crippen molar-refractivity contribution in [1.82, 2.24) is 10.2 Å². The monoisotopic (exact) mass is 362 g/mol. The molecule has 1 amide bonds. The van der Waals surface area contributed by atoms with E-state index < -0.39 is 0 Å². The van der Waals surface area contributed by atoms with Crippen LogP contribution in [-0.2, 0) is 4.79 Å². The number of nitrogens with zero attached hydrogens (tertiary/aromatic N) is 2. The fraction of sp³-hybridized carbons (Fsp3) is 0.250. The summed E-state index contributed by atoms with van der Waals surface area (Å²) in [6, 6.07) is 5.06. The van der Waals surface area contributed by atoms with Crippen molar-refractivity contribution in [2.24, 2.45) is 0 Å². The first kappa shape index (κ1) is 16.4. The Labute approximate surface area is 140 Å². The van der Waals surface area contributed by atoms with E-state index in [9.17, 15) is 4.79 Å². The minimum atomic E-state index is -0.199. The summed E-state index contributed by atoms with van der Waals surface area (Å²) in [5.41, 5.74) is 0.428. The molecule has 0 saturated carbocycles. The van der Waals surface area contributed by atoms with Crippen LogP contribution < -0.4 is 10.6 Å². The number of hydrogen-bond acceptors (Lipinski definition) is 6. The van der Waals surface area contributed by atoms with E-state index in [2.05, 4.69) is 20.8 Å². The largest absolute Gasteiger partial charge is 0.360 e. The van der Waals surface area contributed by atoms with E-state index in [4.69, 9.17) is 23.2 Å². The first-order chi connectivity index (χ1) is 10.1. The lowest BCUT2D eigenvalue weighted by Gasteiger charge is -2.08. The quantitative estimate of drug-likeness (QED) is 0.759.